The molecule has 0 spiro atoms. The van der Waals surface area contributed by atoms with Crippen molar-refractivity contribution in [1.29, 1.82) is 0 Å². The molecule has 0 aliphatic heterocycles. The van der Waals surface area contributed by atoms with Crippen LogP contribution >= 0.6 is 27.7 Å². The highest BCUT2D eigenvalue weighted by Gasteiger charge is 2.06. The van der Waals surface area contributed by atoms with Crippen molar-refractivity contribution < 1.29 is 0 Å². The van der Waals surface area contributed by atoms with E-state index >= 15 is 0 Å². The summed E-state index contributed by atoms with van der Waals surface area (Å²) in [5.74, 6) is 1.08. The summed E-state index contributed by atoms with van der Waals surface area (Å²) >= 11 is 5.50. The summed E-state index contributed by atoms with van der Waals surface area (Å²) in [4.78, 5) is 0. The maximum atomic E-state index is 3.52. The third-order valence-corrected chi connectivity index (χ3v) is 4.29. The fraction of sp³-hybridized carbons (Fsp3) is 0.385. The highest BCUT2D eigenvalue weighted by Crippen LogP contribution is 2.26. The van der Waals surface area contributed by atoms with Crippen LogP contribution in [-0.4, -0.2) is 9.82 Å². The van der Waals surface area contributed by atoms with Crippen LogP contribution in [0.5, 0.6) is 0 Å². The Bertz CT molecular complexity index is 502. The van der Waals surface area contributed by atoms with E-state index in [-0.39, 0.29) is 0 Å². The standard InChI is InChI=1S/C13H16BrNS/c1-9(2)16-8-12-6-10-4-5-11(14)7-13(10)15(12)3/h4-7,9H,8H2,1-3H3. The summed E-state index contributed by atoms with van der Waals surface area (Å²) in [7, 11) is 2.14. The number of fused-ring (bicyclic) bond motifs is 1. The summed E-state index contributed by atoms with van der Waals surface area (Å²) in [5.41, 5.74) is 2.69. The first kappa shape index (κ1) is 12.1. The number of aromatic nitrogens is 1. The monoisotopic (exact) mass is 297 g/mol. The second-order valence-electron chi connectivity index (χ2n) is 4.26. The number of nitrogens with zero attached hydrogens (tertiary/aromatic N) is 1. The molecular weight excluding hydrogens is 282 g/mol. The van der Waals surface area contributed by atoms with Crippen LogP contribution in [0.15, 0.2) is 28.7 Å². The number of hydrogen-bond donors (Lipinski definition) is 0. The van der Waals surface area contributed by atoms with Gasteiger partial charge in [0.15, 0.2) is 0 Å². The molecule has 3 heteroatoms. The molecule has 0 unspecified atom stereocenters. The van der Waals surface area contributed by atoms with Crippen LogP contribution in [0.4, 0.5) is 0 Å². The number of halogens is 1. The molecule has 1 heterocycles. The smallest absolute Gasteiger partial charge is 0.0491 e. The van der Waals surface area contributed by atoms with Crippen LogP contribution in [0, 0.1) is 0 Å². The van der Waals surface area contributed by atoms with Crippen LogP contribution in [0.1, 0.15) is 19.5 Å². The second-order valence-corrected chi connectivity index (χ2v) is 6.74. The molecule has 0 radical (unpaired) electrons. The van der Waals surface area contributed by atoms with Crippen molar-refractivity contribution in [2.24, 2.45) is 7.05 Å². The Morgan fingerprint density at radius 1 is 1.31 bits per heavy atom. The van der Waals surface area contributed by atoms with E-state index in [2.05, 4.69) is 65.7 Å². The van der Waals surface area contributed by atoms with Crippen molar-refractivity contribution in [3.05, 3.63) is 34.4 Å². The van der Waals surface area contributed by atoms with Gasteiger partial charge in [0.2, 0.25) is 0 Å². The molecule has 0 saturated heterocycles. The van der Waals surface area contributed by atoms with E-state index in [1.54, 1.807) is 0 Å². The minimum Gasteiger partial charge on any atom is -0.347 e. The lowest BCUT2D eigenvalue weighted by Crippen LogP contribution is -1.96. The first-order valence-corrected chi connectivity index (χ1v) is 7.27. The van der Waals surface area contributed by atoms with Gasteiger partial charge >= 0.3 is 0 Å². The Morgan fingerprint density at radius 2 is 2.06 bits per heavy atom. The van der Waals surface area contributed by atoms with Gasteiger partial charge in [0.05, 0.1) is 0 Å². The quantitative estimate of drug-likeness (QED) is 0.803. The van der Waals surface area contributed by atoms with Gasteiger partial charge in [-0.05, 0) is 28.8 Å². The highest BCUT2D eigenvalue weighted by atomic mass is 79.9. The molecule has 0 N–H and O–H groups in total. The minimum absolute atomic E-state index is 0.685. The van der Waals surface area contributed by atoms with E-state index in [9.17, 15) is 0 Å². The van der Waals surface area contributed by atoms with Crippen molar-refractivity contribution in [3.8, 4) is 0 Å². The number of aryl methyl sites for hydroxylation is 1. The molecule has 1 aromatic carbocycles. The van der Waals surface area contributed by atoms with Crippen molar-refractivity contribution in [2.75, 3.05) is 0 Å². The van der Waals surface area contributed by atoms with Gasteiger partial charge in [-0.2, -0.15) is 11.8 Å². The zero-order chi connectivity index (χ0) is 11.7. The Kier molecular flexibility index (Phi) is 3.65. The van der Waals surface area contributed by atoms with E-state index in [4.69, 9.17) is 0 Å². The molecule has 2 rings (SSSR count). The molecule has 1 aromatic heterocycles. The summed E-state index contributed by atoms with van der Waals surface area (Å²) in [6, 6.07) is 8.74. The summed E-state index contributed by atoms with van der Waals surface area (Å²) in [6.07, 6.45) is 0. The maximum absolute atomic E-state index is 3.52. The van der Waals surface area contributed by atoms with Gasteiger partial charge in [-0.15, -0.1) is 0 Å². The van der Waals surface area contributed by atoms with E-state index in [1.165, 1.54) is 16.6 Å². The average Bonchev–Trinajstić information content (AvgIpc) is 2.53. The van der Waals surface area contributed by atoms with Crippen LogP contribution in [0.3, 0.4) is 0 Å². The van der Waals surface area contributed by atoms with Crippen LogP contribution < -0.4 is 0 Å². The predicted molar refractivity (Wildman–Crippen MR) is 77.1 cm³/mol. The molecule has 0 aliphatic carbocycles. The van der Waals surface area contributed by atoms with Crippen LogP contribution in [-0.2, 0) is 12.8 Å². The first-order valence-electron chi connectivity index (χ1n) is 5.43. The zero-order valence-electron chi connectivity index (χ0n) is 9.83. The molecule has 86 valence electrons. The normalized spacial score (nSPS) is 11.6. The van der Waals surface area contributed by atoms with E-state index in [1.807, 2.05) is 11.8 Å². The van der Waals surface area contributed by atoms with Crippen molar-refractivity contribution >= 4 is 38.6 Å². The second kappa shape index (κ2) is 4.84. The summed E-state index contributed by atoms with van der Waals surface area (Å²) in [5, 5.41) is 2.01. The highest BCUT2D eigenvalue weighted by molar-refractivity contribution is 9.10. The molecule has 0 aliphatic rings. The molecule has 0 saturated carbocycles. The van der Waals surface area contributed by atoms with E-state index < -0.39 is 0 Å². The third kappa shape index (κ3) is 2.46. The van der Waals surface area contributed by atoms with Crippen LogP contribution in [0.25, 0.3) is 10.9 Å². The van der Waals surface area contributed by atoms with Gasteiger partial charge < -0.3 is 4.57 Å². The zero-order valence-corrected chi connectivity index (χ0v) is 12.2. The predicted octanol–water partition coefficient (Wildman–Crippen LogP) is 4.58. The van der Waals surface area contributed by atoms with Crippen molar-refractivity contribution in [3.63, 3.8) is 0 Å². The SMILES string of the molecule is CC(C)SCc1cc2ccc(Br)cc2n1C. The Morgan fingerprint density at radius 3 is 2.75 bits per heavy atom. The molecule has 0 amide bonds. The Hall–Kier alpha value is -0.410. The summed E-state index contributed by atoms with van der Waals surface area (Å²) in [6.45, 7) is 4.48. The summed E-state index contributed by atoms with van der Waals surface area (Å²) < 4.78 is 3.43. The minimum atomic E-state index is 0.685. The van der Waals surface area contributed by atoms with E-state index in [0.29, 0.717) is 5.25 Å². The topological polar surface area (TPSA) is 4.93 Å². The largest absolute Gasteiger partial charge is 0.347 e. The number of thioether (sulfide) groups is 1. The molecule has 0 bridgehead atoms. The lowest BCUT2D eigenvalue weighted by molar-refractivity contribution is 0.907. The Labute approximate surface area is 109 Å². The Balaban J connectivity index is 2.36. The van der Waals surface area contributed by atoms with Crippen molar-refractivity contribution in [2.45, 2.75) is 24.9 Å². The van der Waals surface area contributed by atoms with Gasteiger partial charge in [-0.25, -0.2) is 0 Å². The molecule has 1 nitrogen and oxygen atoms in total. The van der Waals surface area contributed by atoms with Gasteiger partial charge in [0.1, 0.15) is 0 Å². The molecule has 0 fully saturated rings. The fourth-order valence-electron chi connectivity index (χ4n) is 1.75. The van der Waals surface area contributed by atoms with Gasteiger partial charge in [0, 0.05) is 28.5 Å². The van der Waals surface area contributed by atoms with Crippen molar-refractivity contribution in [1.82, 2.24) is 4.57 Å². The maximum Gasteiger partial charge on any atom is 0.0491 e. The molecule has 2 aromatic rings. The van der Waals surface area contributed by atoms with Gasteiger partial charge in [0.25, 0.3) is 0 Å². The lowest BCUT2D eigenvalue weighted by atomic mass is 10.2. The van der Waals surface area contributed by atoms with Crippen LogP contribution in [0.2, 0.25) is 0 Å². The molecule has 16 heavy (non-hydrogen) atoms. The van der Waals surface area contributed by atoms with E-state index in [0.717, 1.165) is 10.2 Å². The first-order chi connectivity index (χ1) is 7.58. The van der Waals surface area contributed by atoms with Gasteiger partial charge in [-0.1, -0.05) is 35.8 Å². The molecule has 0 atom stereocenters. The number of rotatable bonds is 3. The number of hydrogen-bond acceptors (Lipinski definition) is 1. The average molecular weight is 298 g/mol. The van der Waals surface area contributed by atoms with Gasteiger partial charge in [-0.3, -0.25) is 0 Å². The lowest BCUT2D eigenvalue weighted by Gasteiger charge is -2.06. The number of benzene rings is 1. The third-order valence-electron chi connectivity index (χ3n) is 2.67. The fourth-order valence-corrected chi connectivity index (χ4v) is 2.88. The molecular formula is C13H16BrNS.